The first-order valence-electron chi connectivity index (χ1n) is 6.44. The second-order valence-corrected chi connectivity index (χ2v) is 4.50. The van der Waals surface area contributed by atoms with Gasteiger partial charge in [-0.25, -0.2) is 4.79 Å². The summed E-state index contributed by atoms with van der Waals surface area (Å²) in [6.45, 7) is 5.46. The average Bonchev–Trinajstić information content (AvgIpc) is 2.77. The number of carboxylic acids is 1. The lowest BCUT2D eigenvalue weighted by Crippen LogP contribution is -2.49. The second kappa shape index (κ2) is 7.33. The molecular formula is C12H22N2O4. The number of amides is 1. The van der Waals surface area contributed by atoms with Crippen molar-refractivity contribution in [3.05, 3.63) is 0 Å². The van der Waals surface area contributed by atoms with Crippen LogP contribution in [-0.2, 0) is 14.3 Å². The van der Waals surface area contributed by atoms with E-state index in [1.807, 2.05) is 13.8 Å². The quantitative estimate of drug-likeness (QED) is 0.597. The van der Waals surface area contributed by atoms with Gasteiger partial charge in [0.25, 0.3) is 0 Å². The molecule has 0 aromatic rings. The summed E-state index contributed by atoms with van der Waals surface area (Å²) < 4.78 is 5.27. The number of hydrogen-bond acceptors (Lipinski definition) is 4. The molecule has 1 aliphatic rings. The van der Waals surface area contributed by atoms with Crippen molar-refractivity contribution in [3.8, 4) is 0 Å². The fourth-order valence-electron chi connectivity index (χ4n) is 2.10. The molecule has 3 atom stereocenters. The molecule has 1 aliphatic heterocycles. The minimum absolute atomic E-state index is 0.0222. The fourth-order valence-corrected chi connectivity index (χ4v) is 2.10. The van der Waals surface area contributed by atoms with E-state index in [1.54, 1.807) is 0 Å². The maximum absolute atomic E-state index is 12.0. The number of hydrogen-bond donors (Lipinski definition) is 3. The number of nitrogens with one attached hydrogen (secondary N) is 2. The monoisotopic (exact) mass is 258 g/mol. The fraction of sp³-hybridized carbons (Fsp3) is 0.833. The molecule has 0 aromatic heterocycles. The number of rotatable bonds is 7. The molecule has 104 valence electrons. The zero-order valence-electron chi connectivity index (χ0n) is 10.9. The van der Waals surface area contributed by atoms with E-state index in [0.29, 0.717) is 19.6 Å². The summed E-state index contributed by atoms with van der Waals surface area (Å²) in [6, 6.07) is -0.823. The summed E-state index contributed by atoms with van der Waals surface area (Å²) in [6.07, 6.45) is 1.16. The van der Waals surface area contributed by atoms with Crippen LogP contribution < -0.4 is 10.6 Å². The first-order valence-corrected chi connectivity index (χ1v) is 6.44. The normalized spacial score (nSPS) is 24.8. The molecule has 0 bridgehead atoms. The van der Waals surface area contributed by atoms with Crippen molar-refractivity contribution in [3.63, 3.8) is 0 Å². The first kappa shape index (κ1) is 14.9. The molecule has 1 amide bonds. The topological polar surface area (TPSA) is 87.7 Å². The van der Waals surface area contributed by atoms with Crippen LogP contribution in [0.2, 0.25) is 0 Å². The van der Waals surface area contributed by atoms with Crippen LogP contribution in [0.3, 0.4) is 0 Å². The predicted molar refractivity (Wildman–Crippen MR) is 66.2 cm³/mol. The zero-order valence-corrected chi connectivity index (χ0v) is 10.9. The highest BCUT2D eigenvalue weighted by atomic mass is 16.5. The van der Waals surface area contributed by atoms with E-state index in [9.17, 15) is 9.59 Å². The van der Waals surface area contributed by atoms with Crippen molar-refractivity contribution in [2.45, 2.75) is 38.8 Å². The standard InChI is InChI=1S/C12H22N2O4/c1-3-5-9(12(16)17)14-11(15)8-6-18-7-10(8)13-4-2/h8-10,13H,3-7H2,1-2H3,(H,14,15)(H,16,17). The van der Waals surface area contributed by atoms with E-state index < -0.39 is 12.0 Å². The minimum Gasteiger partial charge on any atom is -0.480 e. The van der Waals surface area contributed by atoms with Crippen LogP contribution in [0, 0.1) is 5.92 Å². The van der Waals surface area contributed by atoms with Gasteiger partial charge in [0.05, 0.1) is 19.1 Å². The molecule has 0 radical (unpaired) electrons. The maximum Gasteiger partial charge on any atom is 0.326 e. The Morgan fingerprint density at radius 1 is 1.39 bits per heavy atom. The van der Waals surface area contributed by atoms with E-state index in [2.05, 4.69) is 10.6 Å². The maximum atomic E-state index is 12.0. The van der Waals surface area contributed by atoms with E-state index >= 15 is 0 Å². The van der Waals surface area contributed by atoms with Crippen LogP contribution in [0.1, 0.15) is 26.7 Å². The average molecular weight is 258 g/mol. The molecular weight excluding hydrogens is 236 g/mol. The molecule has 0 aliphatic carbocycles. The third-order valence-electron chi connectivity index (χ3n) is 3.08. The largest absolute Gasteiger partial charge is 0.480 e. The van der Waals surface area contributed by atoms with Gasteiger partial charge in [-0.1, -0.05) is 20.3 Å². The Balaban J connectivity index is 2.54. The van der Waals surface area contributed by atoms with Crippen LogP contribution in [-0.4, -0.2) is 48.8 Å². The predicted octanol–water partition coefficient (Wildman–Crippen LogP) is -0.0196. The van der Waals surface area contributed by atoms with Gasteiger partial charge in [0.1, 0.15) is 6.04 Å². The molecule has 1 saturated heterocycles. The van der Waals surface area contributed by atoms with Crippen molar-refractivity contribution in [2.75, 3.05) is 19.8 Å². The molecule has 0 aromatic carbocycles. The zero-order chi connectivity index (χ0) is 13.5. The van der Waals surface area contributed by atoms with Crippen molar-refractivity contribution < 1.29 is 19.4 Å². The van der Waals surface area contributed by atoms with E-state index in [-0.39, 0.29) is 17.9 Å². The van der Waals surface area contributed by atoms with Crippen molar-refractivity contribution in [1.29, 1.82) is 0 Å². The highest BCUT2D eigenvalue weighted by molar-refractivity contribution is 5.85. The van der Waals surface area contributed by atoms with Gasteiger partial charge in [-0.15, -0.1) is 0 Å². The summed E-state index contributed by atoms with van der Waals surface area (Å²) in [5.74, 6) is -1.52. The van der Waals surface area contributed by atoms with Gasteiger partial charge in [-0.3, -0.25) is 4.79 Å². The lowest BCUT2D eigenvalue weighted by Gasteiger charge is -2.20. The Kier molecular flexibility index (Phi) is 6.07. The molecule has 0 spiro atoms. The molecule has 0 saturated carbocycles. The third-order valence-corrected chi connectivity index (χ3v) is 3.08. The van der Waals surface area contributed by atoms with Gasteiger partial charge >= 0.3 is 5.97 Å². The number of likely N-dealkylation sites (N-methyl/N-ethyl adjacent to an activating group) is 1. The lowest BCUT2D eigenvalue weighted by molar-refractivity contribution is -0.142. The highest BCUT2D eigenvalue weighted by Crippen LogP contribution is 2.14. The molecule has 1 fully saturated rings. The molecule has 3 unspecified atom stereocenters. The smallest absolute Gasteiger partial charge is 0.326 e. The molecule has 1 rings (SSSR count). The molecule has 6 heteroatoms. The third kappa shape index (κ3) is 3.96. The summed E-state index contributed by atoms with van der Waals surface area (Å²) in [7, 11) is 0. The van der Waals surface area contributed by atoms with E-state index in [1.165, 1.54) is 0 Å². The van der Waals surface area contributed by atoms with Gasteiger partial charge in [0.2, 0.25) is 5.91 Å². The Morgan fingerprint density at radius 3 is 2.67 bits per heavy atom. The number of carbonyl (C=O) groups excluding carboxylic acids is 1. The molecule has 1 heterocycles. The number of carboxylic acid groups (broad SMARTS) is 1. The Morgan fingerprint density at radius 2 is 2.11 bits per heavy atom. The Labute approximate surface area is 107 Å². The Bertz CT molecular complexity index is 296. The van der Waals surface area contributed by atoms with Crippen LogP contribution >= 0.6 is 0 Å². The molecule has 18 heavy (non-hydrogen) atoms. The second-order valence-electron chi connectivity index (χ2n) is 4.50. The number of ether oxygens (including phenoxy) is 1. The van der Waals surface area contributed by atoms with Crippen molar-refractivity contribution in [1.82, 2.24) is 10.6 Å². The van der Waals surface area contributed by atoms with Crippen LogP contribution in [0.25, 0.3) is 0 Å². The first-order chi connectivity index (χ1) is 8.60. The minimum atomic E-state index is -0.982. The van der Waals surface area contributed by atoms with Gasteiger partial charge in [0.15, 0.2) is 0 Å². The summed E-state index contributed by atoms with van der Waals surface area (Å²) in [4.78, 5) is 23.0. The van der Waals surface area contributed by atoms with Gasteiger partial charge < -0.3 is 20.5 Å². The van der Waals surface area contributed by atoms with Crippen molar-refractivity contribution >= 4 is 11.9 Å². The summed E-state index contributed by atoms with van der Waals surface area (Å²) >= 11 is 0. The van der Waals surface area contributed by atoms with Gasteiger partial charge in [0, 0.05) is 6.04 Å². The van der Waals surface area contributed by atoms with E-state index in [0.717, 1.165) is 13.0 Å². The van der Waals surface area contributed by atoms with Gasteiger partial charge in [-0.2, -0.15) is 0 Å². The number of carbonyl (C=O) groups is 2. The summed E-state index contributed by atoms with van der Waals surface area (Å²) in [5.41, 5.74) is 0. The lowest BCUT2D eigenvalue weighted by atomic mass is 10.0. The van der Waals surface area contributed by atoms with Crippen LogP contribution in [0.15, 0.2) is 0 Å². The molecule has 6 nitrogen and oxygen atoms in total. The van der Waals surface area contributed by atoms with Crippen LogP contribution in [0.4, 0.5) is 0 Å². The van der Waals surface area contributed by atoms with Gasteiger partial charge in [-0.05, 0) is 13.0 Å². The van der Waals surface area contributed by atoms with Crippen LogP contribution in [0.5, 0.6) is 0 Å². The Hall–Kier alpha value is -1.14. The summed E-state index contributed by atoms with van der Waals surface area (Å²) in [5, 5.41) is 14.8. The SMILES string of the molecule is CCCC(NC(=O)C1COCC1NCC)C(=O)O. The van der Waals surface area contributed by atoms with E-state index in [4.69, 9.17) is 9.84 Å². The van der Waals surface area contributed by atoms with Crippen molar-refractivity contribution in [2.24, 2.45) is 5.92 Å². The molecule has 3 N–H and O–H groups in total. The number of aliphatic carboxylic acids is 1. The highest BCUT2D eigenvalue weighted by Gasteiger charge is 2.35.